The third kappa shape index (κ3) is 2.18. The normalized spacial score (nSPS) is 32.7. The fourth-order valence-corrected chi connectivity index (χ4v) is 2.84. The number of carbonyl (C=O) groups is 3. The number of carboxylic acid groups (broad SMARTS) is 1. The Labute approximate surface area is 110 Å². The molecule has 3 unspecified atom stereocenters. The van der Waals surface area contributed by atoms with Gasteiger partial charge in [0.1, 0.15) is 6.04 Å². The molecule has 3 atom stereocenters. The van der Waals surface area contributed by atoms with Crippen molar-refractivity contribution in [3.05, 3.63) is 0 Å². The predicted octanol–water partition coefficient (Wildman–Crippen LogP) is -0.944. The summed E-state index contributed by atoms with van der Waals surface area (Å²) < 4.78 is 5.14. The van der Waals surface area contributed by atoms with Crippen LogP contribution >= 0.6 is 0 Å². The topological polar surface area (TPSA) is 110 Å². The summed E-state index contributed by atoms with van der Waals surface area (Å²) in [6.07, 6.45) is 0. The van der Waals surface area contributed by atoms with E-state index in [1.165, 1.54) is 4.90 Å². The molecule has 106 valence electrons. The van der Waals surface area contributed by atoms with Gasteiger partial charge >= 0.3 is 5.97 Å². The van der Waals surface area contributed by atoms with Crippen LogP contribution in [0.3, 0.4) is 0 Å². The number of ether oxygens (including phenoxy) is 1. The molecule has 1 aliphatic heterocycles. The number of carbonyl (C=O) groups excluding carboxylic acids is 2. The zero-order valence-electron chi connectivity index (χ0n) is 11.0. The molecule has 3 N–H and O–H groups in total. The molecule has 2 amide bonds. The smallest absolute Gasteiger partial charge is 0.307 e. The van der Waals surface area contributed by atoms with Gasteiger partial charge in [0, 0.05) is 6.54 Å². The van der Waals surface area contributed by atoms with E-state index in [0.29, 0.717) is 6.61 Å². The quantitative estimate of drug-likeness (QED) is 0.687. The number of nitrogens with zero attached hydrogens (tertiary/aromatic N) is 1. The highest BCUT2D eigenvalue weighted by atomic mass is 16.5. The van der Waals surface area contributed by atoms with E-state index in [9.17, 15) is 14.4 Å². The molecule has 2 aliphatic rings. The number of carboxylic acids is 1. The van der Waals surface area contributed by atoms with Crippen molar-refractivity contribution < 1.29 is 24.2 Å². The van der Waals surface area contributed by atoms with Crippen LogP contribution < -0.4 is 5.73 Å². The summed E-state index contributed by atoms with van der Waals surface area (Å²) in [5.41, 5.74) is 4.67. The largest absolute Gasteiger partial charge is 0.481 e. The number of aliphatic carboxylic acids is 1. The highest BCUT2D eigenvalue weighted by Crippen LogP contribution is 2.59. The highest BCUT2D eigenvalue weighted by Gasteiger charge is 2.67. The predicted molar refractivity (Wildman–Crippen MR) is 63.9 cm³/mol. The number of nitrogens with two attached hydrogens (primary N) is 1. The number of primary amides is 1. The molecule has 2 fully saturated rings. The Hall–Kier alpha value is -1.63. The van der Waals surface area contributed by atoms with Gasteiger partial charge in [-0.25, -0.2) is 0 Å². The molecule has 0 radical (unpaired) electrons. The summed E-state index contributed by atoms with van der Waals surface area (Å²) in [5.74, 6) is -3.21. The van der Waals surface area contributed by atoms with Crippen LogP contribution in [0.25, 0.3) is 0 Å². The zero-order valence-corrected chi connectivity index (χ0v) is 11.0. The van der Waals surface area contributed by atoms with Gasteiger partial charge in [-0.3, -0.25) is 14.4 Å². The lowest BCUT2D eigenvalue weighted by Crippen LogP contribution is -2.55. The molecular weight excluding hydrogens is 252 g/mol. The number of rotatable bonds is 3. The fraction of sp³-hybridized carbons (Fsp3) is 0.750. The second-order valence-corrected chi connectivity index (χ2v) is 5.64. The van der Waals surface area contributed by atoms with Crippen LogP contribution in [0, 0.1) is 17.3 Å². The fourth-order valence-electron chi connectivity index (χ4n) is 2.84. The summed E-state index contributed by atoms with van der Waals surface area (Å²) in [6, 6.07) is -0.799. The van der Waals surface area contributed by atoms with E-state index in [1.54, 1.807) is 13.8 Å². The van der Waals surface area contributed by atoms with E-state index in [2.05, 4.69) is 0 Å². The minimum absolute atomic E-state index is 0.0754. The number of hydrogen-bond donors (Lipinski definition) is 2. The first-order valence-electron chi connectivity index (χ1n) is 6.18. The maximum atomic E-state index is 12.4. The van der Waals surface area contributed by atoms with Crippen LogP contribution in [-0.2, 0) is 19.1 Å². The molecule has 0 bridgehead atoms. The van der Waals surface area contributed by atoms with Crippen molar-refractivity contribution in [3.8, 4) is 0 Å². The zero-order chi connectivity index (χ0) is 14.4. The van der Waals surface area contributed by atoms with E-state index >= 15 is 0 Å². The van der Waals surface area contributed by atoms with Gasteiger partial charge in [-0.05, 0) is 5.41 Å². The Morgan fingerprint density at radius 2 is 1.95 bits per heavy atom. The van der Waals surface area contributed by atoms with Crippen molar-refractivity contribution in [1.82, 2.24) is 4.90 Å². The molecule has 19 heavy (non-hydrogen) atoms. The number of morpholine rings is 1. The molecule has 1 saturated heterocycles. The van der Waals surface area contributed by atoms with Gasteiger partial charge in [0.2, 0.25) is 11.8 Å². The van der Waals surface area contributed by atoms with Gasteiger partial charge in [-0.15, -0.1) is 0 Å². The van der Waals surface area contributed by atoms with Crippen LogP contribution in [0.15, 0.2) is 0 Å². The van der Waals surface area contributed by atoms with E-state index in [4.69, 9.17) is 15.6 Å². The number of hydrogen-bond acceptors (Lipinski definition) is 4. The Morgan fingerprint density at radius 1 is 1.32 bits per heavy atom. The Bertz CT molecular complexity index is 434. The monoisotopic (exact) mass is 270 g/mol. The summed E-state index contributed by atoms with van der Waals surface area (Å²) in [4.78, 5) is 36.2. The Kier molecular flexibility index (Phi) is 3.25. The lowest BCUT2D eigenvalue weighted by Gasteiger charge is -2.34. The molecule has 1 heterocycles. The van der Waals surface area contributed by atoms with Crippen LogP contribution in [-0.4, -0.2) is 53.6 Å². The summed E-state index contributed by atoms with van der Waals surface area (Å²) in [7, 11) is 0. The number of amides is 2. The lowest BCUT2D eigenvalue weighted by molar-refractivity contribution is -0.150. The molecule has 2 rings (SSSR count). The first-order valence-corrected chi connectivity index (χ1v) is 6.18. The van der Waals surface area contributed by atoms with Gasteiger partial charge in [0.05, 0.1) is 25.0 Å². The van der Waals surface area contributed by atoms with Crippen molar-refractivity contribution in [2.75, 3.05) is 19.8 Å². The molecule has 0 spiro atoms. The van der Waals surface area contributed by atoms with Crippen LogP contribution in [0.4, 0.5) is 0 Å². The maximum absolute atomic E-state index is 12.4. The molecule has 1 aliphatic carbocycles. The highest BCUT2D eigenvalue weighted by molar-refractivity contribution is 5.94. The van der Waals surface area contributed by atoms with Crippen molar-refractivity contribution in [3.63, 3.8) is 0 Å². The van der Waals surface area contributed by atoms with E-state index in [0.717, 1.165) is 0 Å². The van der Waals surface area contributed by atoms with Gasteiger partial charge < -0.3 is 20.5 Å². The van der Waals surface area contributed by atoms with Crippen molar-refractivity contribution in [2.45, 2.75) is 19.9 Å². The third-order valence-corrected chi connectivity index (χ3v) is 4.10. The van der Waals surface area contributed by atoms with Gasteiger partial charge in [-0.2, -0.15) is 0 Å². The molecule has 0 aromatic heterocycles. The maximum Gasteiger partial charge on any atom is 0.307 e. The summed E-state index contributed by atoms with van der Waals surface area (Å²) >= 11 is 0. The van der Waals surface area contributed by atoms with Crippen LogP contribution in [0.1, 0.15) is 13.8 Å². The summed E-state index contributed by atoms with van der Waals surface area (Å²) in [6.45, 7) is 4.17. The second kappa shape index (κ2) is 4.48. The van der Waals surface area contributed by atoms with Gasteiger partial charge in [-0.1, -0.05) is 13.8 Å². The first-order chi connectivity index (χ1) is 8.78. The molecule has 7 nitrogen and oxygen atoms in total. The van der Waals surface area contributed by atoms with E-state index in [-0.39, 0.29) is 19.1 Å². The van der Waals surface area contributed by atoms with E-state index < -0.39 is 35.2 Å². The van der Waals surface area contributed by atoms with Crippen LogP contribution in [0.5, 0.6) is 0 Å². The standard InChI is InChI=1S/C12H18N2O5/c1-12(2)7(8(12)11(17)18)10(16)14-3-4-19-5-6(14)9(13)15/h6-8H,3-5H2,1-2H3,(H2,13,15)(H,17,18). The minimum Gasteiger partial charge on any atom is -0.481 e. The van der Waals surface area contributed by atoms with Crippen molar-refractivity contribution >= 4 is 17.8 Å². The van der Waals surface area contributed by atoms with Crippen LogP contribution in [0.2, 0.25) is 0 Å². The molecule has 7 heteroatoms. The minimum atomic E-state index is -0.979. The lowest BCUT2D eigenvalue weighted by atomic mass is 10.1. The Balaban J connectivity index is 2.15. The molecule has 0 aromatic carbocycles. The molecular formula is C12H18N2O5. The van der Waals surface area contributed by atoms with Gasteiger partial charge in [0.15, 0.2) is 0 Å². The van der Waals surface area contributed by atoms with Gasteiger partial charge in [0.25, 0.3) is 0 Å². The second-order valence-electron chi connectivity index (χ2n) is 5.64. The summed E-state index contributed by atoms with van der Waals surface area (Å²) in [5, 5.41) is 9.09. The third-order valence-electron chi connectivity index (χ3n) is 4.10. The first kappa shape index (κ1) is 13.8. The molecule has 0 aromatic rings. The molecule has 1 saturated carbocycles. The average molecular weight is 270 g/mol. The average Bonchev–Trinajstić information content (AvgIpc) is 2.91. The van der Waals surface area contributed by atoms with Crippen molar-refractivity contribution in [2.24, 2.45) is 23.0 Å². The Morgan fingerprint density at radius 3 is 2.42 bits per heavy atom. The van der Waals surface area contributed by atoms with Crippen molar-refractivity contribution in [1.29, 1.82) is 0 Å². The van der Waals surface area contributed by atoms with E-state index in [1.807, 2.05) is 0 Å². The SMILES string of the molecule is CC1(C)C(C(=O)O)C1C(=O)N1CCOCC1C(N)=O.